The zero-order valence-electron chi connectivity index (χ0n) is 8.64. The molecule has 0 fully saturated rings. The second-order valence-electron chi connectivity index (χ2n) is 3.43. The molecule has 1 rings (SSSR count). The van der Waals surface area contributed by atoms with E-state index in [9.17, 15) is 9.18 Å². The van der Waals surface area contributed by atoms with Crippen LogP contribution in [0.5, 0.6) is 0 Å². The van der Waals surface area contributed by atoms with Crippen LogP contribution in [-0.2, 0) is 17.6 Å². The van der Waals surface area contributed by atoms with Crippen molar-refractivity contribution in [1.82, 2.24) is 0 Å². The van der Waals surface area contributed by atoms with Crippen LogP contribution in [0.3, 0.4) is 0 Å². The first kappa shape index (κ1) is 10.9. The Balaban J connectivity index is 2.98. The van der Waals surface area contributed by atoms with Crippen molar-refractivity contribution in [2.24, 2.45) is 0 Å². The molecular formula is C12H15FO. The molecule has 1 aromatic carbocycles. The Labute approximate surface area is 83.9 Å². The maximum absolute atomic E-state index is 13.3. The highest BCUT2D eigenvalue weighted by atomic mass is 19.1. The van der Waals surface area contributed by atoms with Gasteiger partial charge in [0.2, 0.25) is 0 Å². The summed E-state index contributed by atoms with van der Waals surface area (Å²) in [4.78, 5) is 10.2. The van der Waals surface area contributed by atoms with E-state index < -0.39 is 0 Å². The fourth-order valence-corrected chi connectivity index (χ4v) is 1.52. The summed E-state index contributed by atoms with van der Waals surface area (Å²) < 4.78 is 13.3. The molecule has 0 heterocycles. The Bertz CT molecular complexity index is 331. The molecule has 2 heteroatoms. The van der Waals surface area contributed by atoms with E-state index in [2.05, 4.69) is 0 Å². The molecule has 0 aliphatic heterocycles. The lowest BCUT2D eigenvalue weighted by atomic mass is 9.99. The number of halogens is 1. The molecule has 0 aliphatic carbocycles. The number of rotatable bonds is 4. The fraction of sp³-hybridized carbons (Fsp3) is 0.417. The Morgan fingerprint density at radius 2 is 2.07 bits per heavy atom. The first-order valence-electron chi connectivity index (χ1n) is 4.90. The summed E-state index contributed by atoms with van der Waals surface area (Å²) in [6.07, 6.45) is 2.81. The van der Waals surface area contributed by atoms with E-state index in [4.69, 9.17) is 0 Å². The van der Waals surface area contributed by atoms with E-state index in [-0.39, 0.29) is 5.82 Å². The van der Waals surface area contributed by atoms with Gasteiger partial charge < -0.3 is 4.79 Å². The van der Waals surface area contributed by atoms with Gasteiger partial charge in [0.05, 0.1) is 0 Å². The predicted octanol–water partition coefficient (Wildman–Crippen LogP) is 2.83. The van der Waals surface area contributed by atoms with Crippen molar-refractivity contribution >= 4 is 6.29 Å². The van der Waals surface area contributed by atoms with Crippen LogP contribution in [0.4, 0.5) is 4.39 Å². The summed E-state index contributed by atoms with van der Waals surface area (Å²) in [6, 6.07) is 3.42. The van der Waals surface area contributed by atoms with Crippen LogP contribution >= 0.6 is 0 Å². The number of benzene rings is 1. The highest BCUT2D eigenvalue weighted by molar-refractivity contribution is 5.50. The molecule has 0 unspecified atom stereocenters. The van der Waals surface area contributed by atoms with Crippen LogP contribution in [0, 0.1) is 12.7 Å². The molecule has 0 spiro atoms. The van der Waals surface area contributed by atoms with Gasteiger partial charge in [-0.25, -0.2) is 4.39 Å². The Morgan fingerprint density at radius 1 is 1.36 bits per heavy atom. The van der Waals surface area contributed by atoms with Gasteiger partial charge in [-0.05, 0) is 42.5 Å². The second-order valence-corrected chi connectivity index (χ2v) is 3.43. The highest BCUT2D eigenvalue weighted by Crippen LogP contribution is 2.17. The number of hydrogen-bond acceptors (Lipinski definition) is 1. The monoisotopic (exact) mass is 194 g/mol. The molecular weight excluding hydrogens is 179 g/mol. The maximum atomic E-state index is 13.3. The van der Waals surface area contributed by atoms with E-state index in [0.717, 1.165) is 23.0 Å². The Morgan fingerprint density at radius 3 is 2.64 bits per heavy atom. The molecule has 0 saturated carbocycles. The summed E-state index contributed by atoms with van der Waals surface area (Å²) in [7, 11) is 0. The lowest BCUT2D eigenvalue weighted by Gasteiger charge is -2.07. The minimum Gasteiger partial charge on any atom is -0.303 e. The van der Waals surface area contributed by atoms with Gasteiger partial charge in [-0.2, -0.15) is 0 Å². The smallest absolute Gasteiger partial charge is 0.126 e. The van der Waals surface area contributed by atoms with Gasteiger partial charge in [-0.3, -0.25) is 0 Å². The zero-order chi connectivity index (χ0) is 10.6. The molecule has 0 bridgehead atoms. The van der Waals surface area contributed by atoms with Crippen LogP contribution in [0.2, 0.25) is 0 Å². The van der Waals surface area contributed by atoms with Gasteiger partial charge in [0.1, 0.15) is 12.1 Å². The minimum absolute atomic E-state index is 0.139. The normalized spacial score (nSPS) is 10.2. The van der Waals surface area contributed by atoms with Crippen LogP contribution in [0.1, 0.15) is 30.0 Å². The first-order chi connectivity index (χ1) is 6.69. The molecule has 76 valence electrons. The first-order valence-corrected chi connectivity index (χ1v) is 4.90. The molecule has 1 nitrogen and oxygen atoms in total. The van der Waals surface area contributed by atoms with E-state index in [1.807, 2.05) is 19.9 Å². The quantitative estimate of drug-likeness (QED) is 0.673. The summed E-state index contributed by atoms with van der Waals surface area (Å²) in [5, 5.41) is 0. The number of hydrogen-bond donors (Lipinski definition) is 0. The topological polar surface area (TPSA) is 17.1 Å². The predicted molar refractivity (Wildman–Crippen MR) is 54.9 cm³/mol. The van der Waals surface area contributed by atoms with Gasteiger partial charge in [0, 0.05) is 6.42 Å². The number of carbonyl (C=O) groups is 1. The molecule has 0 radical (unpaired) electrons. The van der Waals surface area contributed by atoms with Crippen LogP contribution in [0.15, 0.2) is 12.1 Å². The van der Waals surface area contributed by atoms with Crippen molar-refractivity contribution in [3.8, 4) is 0 Å². The highest BCUT2D eigenvalue weighted by Gasteiger charge is 2.05. The van der Waals surface area contributed by atoms with Crippen LogP contribution in [0.25, 0.3) is 0 Å². The average molecular weight is 194 g/mol. The molecule has 0 saturated heterocycles. The number of carbonyl (C=O) groups excluding carboxylic acids is 1. The van der Waals surface area contributed by atoms with Crippen molar-refractivity contribution < 1.29 is 9.18 Å². The average Bonchev–Trinajstić information content (AvgIpc) is 2.17. The molecule has 0 aliphatic rings. The third kappa shape index (κ3) is 2.41. The van der Waals surface area contributed by atoms with E-state index in [0.29, 0.717) is 19.3 Å². The summed E-state index contributed by atoms with van der Waals surface area (Å²) in [6.45, 7) is 3.81. The SMILES string of the molecule is CCc1cc(CCC=O)c(C)cc1F. The van der Waals surface area contributed by atoms with Gasteiger partial charge in [-0.1, -0.05) is 13.0 Å². The van der Waals surface area contributed by atoms with Crippen LogP contribution in [-0.4, -0.2) is 6.29 Å². The lowest BCUT2D eigenvalue weighted by molar-refractivity contribution is -0.107. The Hall–Kier alpha value is -1.18. The van der Waals surface area contributed by atoms with Crippen LogP contribution < -0.4 is 0 Å². The van der Waals surface area contributed by atoms with Gasteiger partial charge >= 0.3 is 0 Å². The van der Waals surface area contributed by atoms with Crippen molar-refractivity contribution in [3.63, 3.8) is 0 Å². The van der Waals surface area contributed by atoms with Crippen molar-refractivity contribution in [2.45, 2.75) is 33.1 Å². The van der Waals surface area contributed by atoms with E-state index in [1.165, 1.54) is 0 Å². The molecule has 1 aromatic rings. The molecule has 14 heavy (non-hydrogen) atoms. The minimum atomic E-state index is -0.139. The van der Waals surface area contributed by atoms with Crippen molar-refractivity contribution in [3.05, 3.63) is 34.6 Å². The van der Waals surface area contributed by atoms with E-state index >= 15 is 0 Å². The maximum Gasteiger partial charge on any atom is 0.126 e. The molecule has 0 aromatic heterocycles. The zero-order valence-corrected chi connectivity index (χ0v) is 8.64. The number of aldehydes is 1. The van der Waals surface area contributed by atoms with Gasteiger partial charge in [0.15, 0.2) is 0 Å². The molecule has 0 amide bonds. The molecule has 0 N–H and O–H groups in total. The third-order valence-corrected chi connectivity index (χ3v) is 2.42. The largest absolute Gasteiger partial charge is 0.303 e. The van der Waals surface area contributed by atoms with Crippen molar-refractivity contribution in [2.75, 3.05) is 0 Å². The molecule has 0 atom stereocenters. The number of aryl methyl sites for hydroxylation is 3. The summed E-state index contributed by atoms with van der Waals surface area (Å²) in [5.74, 6) is -0.139. The van der Waals surface area contributed by atoms with E-state index in [1.54, 1.807) is 6.07 Å². The Kier molecular flexibility index (Phi) is 3.81. The summed E-state index contributed by atoms with van der Waals surface area (Å²) >= 11 is 0. The lowest BCUT2D eigenvalue weighted by Crippen LogP contribution is -1.96. The summed E-state index contributed by atoms with van der Waals surface area (Å²) in [5.41, 5.74) is 2.74. The van der Waals surface area contributed by atoms with Crippen molar-refractivity contribution in [1.29, 1.82) is 0 Å². The third-order valence-electron chi connectivity index (χ3n) is 2.42. The second kappa shape index (κ2) is 4.89. The van der Waals surface area contributed by atoms with Gasteiger partial charge in [-0.15, -0.1) is 0 Å². The van der Waals surface area contributed by atoms with Gasteiger partial charge in [0.25, 0.3) is 0 Å². The standard InChI is InChI=1S/C12H15FO/c1-3-10-8-11(5-4-6-14)9(2)7-12(10)13/h6-8H,3-5H2,1-2H3. The fourth-order valence-electron chi connectivity index (χ4n) is 1.52.